The molecule has 1 aromatic heterocycles. The molecule has 0 amide bonds. The molecule has 6 heteroatoms. The zero-order chi connectivity index (χ0) is 14.9. The van der Waals surface area contributed by atoms with Crippen LogP contribution in [0.4, 0.5) is 13.2 Å². The van der Waals surface area contributed by atoms with E-state index in [1.807, 2.05) is 0 Å². The first-order chi connectivity index (χ1) is 9.29. The second-order valence-electron chi connectivity index (χ2n) is 4.71. The van der Waals surface area contributed by atoms with Gasteiger partial charge in [-0.3, -0.25) is 4.68 Å². The van der Waals surface area contributed by atoms with Gasteiger partial charge in [0.25, 0.3) is 0 Å². The lowest BCUT2D eigenvalue weighted by molar-refractivity contribution is -0.139. The van der Waals surface area contributed by atoms with Gasteiger partial charge in [-0.15, -0.1) is 0 Å². The summed E-state index contributed by atoms with van der Waals surface area (Å²) < 4.78 is 40.3. The minimum absolute atomic E-state index is 0.0877. The molecule has 108 valence electrons. The predicted octanol–water partition coefficient (Wildman–Crippen LogP) is 3.02. The predicted molar refractivity (Wildman–Crippen MR) is 68.1 cm³/mol. The molecule has 3 nitrogen and oxygen atoms in total. The van der Waals surface area contributed by atoms with Gasteiger partial charge in [-0.2, -0.15) is 18.3 Å². The van der Waals surface area contributed by atoms with Gasteiger partial charge in [-0.05, 0) is 24.6 Å². The number of rotatable bonds is 3. The number of aromatic nitrogens is 2. The molecule has 1 aromatic carbocycles. The molecule has 1 N–H and O–H groups in total. The lowest BCUT2D eigenvalue weighted by Crippen LogP contribution is -2.14. The quantitative estimate of drug-likeness (QED) is 0.940. The molecule has 1 atom stereocenters. The van der Waals surface area contributed by atoms with Crippen LogP contribution in [0.3, 0.4) is 0 Å². The molecule has 0 fully saturated rings. The minimum Gasteiger partial charge on any atom is -0.388 e. The highest BCUT2D eigenvalue weighted by atomic mass is 19.4. The van der Waals surface area contributed by atoms with Crippen molar-refractivity contribution in [3.05, 3.63) is 52.8 Å². The Morgan fingerprint density at radius 1 is 1.30 bits per heavy atom. The van der Waals surface area contributed by atoms with E-state index in [1.54, 1.807) is 24.7 Å². The van der Waals surface area contributed by atoms with Crippen LogP contribution >= 0.6 is 0 Å². The van der Waals surface area contributed by atoms with E-state index < -0.39 is 17.8 Å². The number of hydrogen-bond donors (Lipinski definition) is 1. The van der Waals surface area contributed by atoms with E-state index in [2.05, 4.69) is 5.10 Å². The third kappa shape index (κ3) is 3.01. The maximum atomic E-state index is 12.9. The first kappa shape index (κ1) is 14.6. The number of aliphatic hydroxyl groups is 1. The zero-order valence-electron chi connectivity index (χ0n) is 11.1. The van der Waals surface area contributed by atoms with Gasteiger partial charge in [-0.1, -0.05) is 18.2 Å². The van der Waals surface area contributed by atoms with Gasteiger partial charge in [0.15, 0.2) is 0 Å². The number of aryl methyl sites for hydroxylation is 2. The lowest BCUT2D eigenvalue weighted by Gasteiger charge is -2.17. The van der Waals surface area contributed by atoms with Crippen LogP contribution in [-0.4, -0.2) is 14.9 Å². The van der Waals surface area contributed by atoms with Crippen LogP contribution in [0.1, 0.15) is 28.6 Å². The smallest absolute Gasteiger partial charge is 0.388 e. The van der Waals surface area contributed by atoms with Crippen molar-refractivity contribution in [2.75, 3.05) is 0 Å². The second kappa shape index (κ2) is 5.28. The van der Waals surface area contributed by atoms with E-state index >= 15 is 0 Å². The molecule has 2 rings (SSSR count). The summed E-state index contributed by atoms with van der Waals surface area (Å²) in [5, 5.41) is 14.2. The van der Waals surface area contributed by atoms with Crippen molar-refractivity contribution in [1.82, 2.24) is 9.78 Å². The van der Waals surface area contributed by atoms with E-state index in [9.17, 15) is 18.3 Å². The Hall–Kier alpha value is -1.82. The standard InChI is InChI=1S/C14H15F3N2O/c1-9-7-10(19(2)18-9)8-13(20)11-5-3-4-6-12(11)14(15,16)17/h3-7,13,20H,8H2,1-2H3. The Morgan fingerprint density at radius 3 is 2.50 bits per heavy atom. The molecule has 0 aliphatic heterocycles. The fraction of sp³-hybridized carbons (Fsp3) is 0.357. The van der Waals surface area contributed by atoms with Crippen LogP contribution in [0.25, 0.3) is 0 Å². The van der Waals surface area contributed by atoms with Crippen LogP contribution in [0.15, 0.2) is 30.3 Å². The van der Waals surface area contributed by atoms with Crippen molar-refractivity contribution in [3.8, 4) is 0 Å². The topological polar surface area (TPSA) is 38.0 Å². The van der Waals surface area contributed by atoms with E-state index in [0.717, 1.165) is 11.8 Å². The molecule has 0 spiro atoms. The van der Waals surface area contributed by atoms with Crippen LogP contribution in [-0.2, 0) is 19.6 Å². The summed E-state index contributed by atoms with van der Waals surface area (Å²) in [6, 6.07) is 6.83. The summed E-state index contributed by atoms with van der Waals surface area (Å²) in [6.07, 6.45) is -5.60. The third-order valence-corrected chi connectivity index (χ3v) is 3.13. The van der Waals surface area contributed by atoms with E-state index in [-0.39, 0.29) is 12.0 Å². The SMILES string of the molecule is Cc1cc(CC(O)c2ccccc2C(F)(F)F)n(C)n1. The monoisotopic (exact) mass is 284 g/mol. The largest absolute Gasteiger partial charge is 0.416 e. The maximum absolute atomic E-state index is 12.9. The minimum atomic E-state index is -4.47. The summed E-state index contributed by atoms with van der Waals surface area (Å²) in [5.41, 5.74) is 0.538. The molecule has 0 radical (unpaired) electrons. The number of nitrogens with zero attached hydrogens (tertiary/aromatic N) is 2. The Bertz CT molecular complexity index is 605. The summed E-state index contributed by atoms with van der Waals surface area (Å²) in [7, 11) is 1.70. The first-order valence-electron chi connectivity index (χ1n) is 6.12. The van der Waals surface area contributed by atoms with Crippen molar-refractivity contribution < 1.29 is 18.3 Å². The number of hydrogen-bond acceptors (Lipinski definition) is 2. The molecular formula is C14H15F3N2O. The average molecular weight is 284 g/mol. The Kier molecular flexibility index (Phi) is 3.85. The molecule has 0 aliphatic carbocycles. The van der Waals surface area contributed by atoms with Gasteiger partial charge >= 0.3 is 6.18 Å². The van der Waals surface area contributed by atoms with Gasteiger partial charge in [0, 0.05) is 19.2 Å². The summed E-state index contributed by atoms with van der Waals surface area (Å²) >= 11 is 0. The van der Waals surface area contributed by atoms with Crippen LogP contribution < -0.4 is 0 Å². The fourth-order valence-corrected chi connectivity index (χ4v) is 2.21. The summed E-state index contributed by atoms with van der Waals surface area (Å²) in [5.74, 6) is 0. The van der Waals surface area contributed by atoms with E-state index in [4.69, 9.17) is 0 Å². The zero-order valence-corrected chi connectivity index (χ0v) is 11.1. The Morgan fingerprint density at radius 2 is 1.95 bits per heavy atom. The molecule has 0 saturated carbocycles. The highest BCUT2D eigenvalue weighted by molar-refractivity contribution is 5.32. The number of benzene rings is 1. The van der Waals surface area contributed by atoms with Gasteiger partial charge in [0.2, 0.25) is 0 Å². The molecule has 0 aliphatic rings. The van der Waals surface area contributed by atoms with Gasteiger partial charge in [0.1, 0.15) is 0 Å². The van der Waals surface area contributed by atoms with Crippen molar-refractivity contribution in [2.45, 2.75) is 25.6 Å². The highest BCUT2D eigenvalue weighted by Crippen LogP contribution is 2.35. The summed E-state index contributed by atoms with van der Waals surface area (Å²) in [6.45, 7) is 1.79. The first-order valence-corrected chi connectivity index (χ1v) is 6.12. The number of alkyl halides is 3. The fourth-order valence-electron chi connectivity index (χ4n) is 2.21. The normalized spacial score (nSPS) is 13.5. The second-order valence-corrected chi connectivity index (χ2v) is 4.71. The molecule has 0 saturated heterocycles. The molecular weight excluding hydrogens is 269 g/mol. The van der Waals surface area contributed by atoms with Gasteiger partial charge in [-0.25, -0.2) is 0 Å². The van der Waals surface area contributed by atoms with Crippen LogP contribution in [0.5, 0.6) is 0 Å². The average Bonchev–Trinajstić information content (AvgIpc) is 2.66. The van der Waals surface area contributed by atoms with E-state index in [0.29, 0.717) is 5.69 Å². The third-order valence-electron chi connectivity index (χ3n) is 3.13. The Labute approximate surface area is 114 Å². The summed E-state index contributed by atoms with van der Waals surface area (Å²) in [4.78, 5) is 0. The lowest BCUT2D eigenvalue weighted by atomic mass is 9.98. The molecule has 2 aromatic rings. The number of aliphatic hydroxyl groups excluding tert-OH is 1. The van der Waals surface area contributed by atoms with Crippen LogP contribution in [0, 0.1) is 6.92 Å². The Balaban J connectivity index is 2.30. The van der Waals surface area contributed by atoms with Crippen molar-refractivity contribution in [2.24, 2.45) is 7.05 Å². The van der Waals surface area contributed by atoms with Gasteiger partial charge < -0.3 is 5.11 Å². The number of halogens is 3. The van der Waals surface area contributed by atoms with Gasteiger partial charge in [0.05, 0.1) is 17.4 Å². The van der Waals surface area contributed by atoms with E-state index in [1.165, 1.54) is 18.2 Å². The molecule has 1 heterocycles. The van der Waals surface area contributed by atoms with Crippen LogP contribution in [0.2, 0.25) is 0 Å². The molecule has 0 bridgehead atoms. The molecule has 1 unspecified atom stereocenters. The van der Waals surface area contributed by atoms with Crippen molar-refractivity contribution in [3.63, 3.8) is 0 Å². The highest BCUT2D eigenvalue weighted by Gasteiger charge is 2.34. The van der Waals surface area contributed by atoms with Crippen molar-refractivity contribution in [1.29, 1.82) is 0 Å². The molecule has 20 heavy (non-hydrogen) atoms. The van der Waals surface area contributed by atoms with Crippen molar-refractivity contribution >= 4 is 0 Å². The maximum Gasteiger partial charge on any atom is 0.416 e.